The number of para-hydroxylation sites is 1. The number of methoxy groups -OCH3 is 1. The maximum atomic E-state index is 6.41. The largest absolute Gasteiger partial charge is 0.494 e. The molecule has 0 amide bonds. The number of hydrogen-bond donors (Lipinski definition) is 1. The van der Waals surface area contributed by atoms with E-state index in [9.17, 15) is 0 Å². The first-order valence-electron chi connectivity index (χ1n) is 10.7. The summed E-state index contributed by atoms with van der Waals surface area (Å²) in [6.07, 6.45) is 5.82. The third kappa shape index (κ3) is 4.16. The summed E-state index contributed by atoms with van der Waals surface area (Å²) in [4.78, 5) is 6.73. The van der Waals surface area contributed by atoms with E-state index in [0.717, 1.165) is 42.7 Å². The summed E-state index contributed by atoms with van der Waals surface area (Å²) in [7, 11) is 1.63. The molecule has 1 saturated heterocycles. The Morgan fingerprint density at radius 2 is 1.97 bits per heavy atom. The van der Waals surface area contributed by atoms with Gasteiger partial charge in [-0.05, 0) is 37.1 Å². The first-order valence-corrected chi connectivity index (χ1v) is 10.7. The summed E-state index contributed by atoms with van der Waals surface area (Å²) >= 11 is 0. The molecule has 8 nitrogen and oxygen atoms in total. The number of allylic oxidation sites excluding steroid dienone is 2. The number of ether oxygens (including phenoxy) is 3. The van der Waals surface area contributed by atoms with Crippen LogP contribution in [0.15, 0.2) is 42.3 Å². The molecule has 0 atom stereocenters. The molecular weight excluding hydrogens is 394 g/mol. The van der Waals surface area contributed by atoms with E-state index in [0.29, 0.717) is 41.9 Å². The average molecular weight is 424 g/mol. The molecule has 31 heavy (non-hydrogen) atoms. The lowest BCUT2D eigenvalue weighted by Gasteiger charge is -2.30. The molecular formula is C23H29N5O3. The van der Waals surface area contributed by atoms with Crippen molar-refractivity contribution in [3.8, 4) is 5.75 Å². The molecule has 1 aliphatic heterocycles. The second-order valence-electron chi connectivity index (χ2n) is 7.28. The molecule has 1 aliphatic rings. The van der Waals surface area contributed by atoms with Crippen LogP contribution < -0.4 is 10.5 Å². The van der Waals surface area contributed by atoms with Crippen LogP contribution in [0.25, 0.3) is 22.2 Å². The number of aromatic nitrogens is 3. The molecule has 2 aromatic heterocycles. The fourth-order valence-corrected chi connectivity index (χ4v) is 3.73. The maximum absolute atomic E-state index is 6.41. The topological polar surface area (TPSA) is 87.1 Å². The van der Waals surface area contributed by atoms with Crippen molar-refractivity contribution in [2.75, 3.05) is 39.1 Å². The van der Waals surface area contributed by atoms with Crippen LogP contribution in [-0.4, -0.2) is 52.9 Å². The molecule has 8 heteroatoms. The van der Waals surface area contributed by atoms with E-state index in [2.05, 4.69) is 29.8 Å². The van der Waals surface area contributed by atoms with Gasteiger partial charge in [0.1, 0.15) is 17.0 Å². The standard InChI is InChI=1S/C23H29N5O3/c1-4-7-19(31-21(8-5-2)27-11-13-30-14-12-27)17-15-18-16-9-6-10-20(29-3)22(16)25-23(24)28(18)26-17/h6-10,15H,4-5,11-14H2,1-3H3,(H2,24,25)/b19-7-,21-8+. The van der Waals surface area contributed by atoms with Crippen molar-refractivity contribution < 1.29 is 14.2 Å². The van der Waals surface area contributed by atoms with Gasteiger partial charge in [0.2, 0.25) is 5.95 Å². The first-order chi connectivity index (χ1) is 15.2. The van der Waals surface area contributed by atoms with E-state index in [1.54, 1.807) is 11.6 Å². The molecule has 0 bridgehead atoms. The monoisotopic (exact) mass is 423 g/mol. The Labute approximate surface area is 181 Å². The molecule has 164 valence electrons. The number of nitrogen functional groups attached to an aromatic ring is 1. The highest BCUT2D eigenvalue weighted by atomic mass is 16.5. The zero-order chi connectivity index (χ0) is 21.8. The van der Waals surface area contributed by atoms with E-state index in [1.807, 2.05) is 30.3 Å². The van der Waals surface area contributed by atoms with E-state index in [-0.39, 0.29) is 0 Å². The molecule has 3 heterocycles. The van der Waals surface area contributed by atoms with Crippen LogP contribution in [0.1, 0.15) is 32.4 Å². The summed E-state index contributed by atoms with van der Waals surface area (Å²) in [6.45, 7) is 7.18. The van der Waals surface area contributed by atoms with E-state index >= 15 is 0 Å². The second-order valence-corrected chi connectivity index (χ2v) is 7.28. The third-order valence-electron chi connectivity index (χ3n) is 5.21. The van der Waals surface area contributed by atoms with Gasteiger partial charge in [0.25, 0.3) is 0 Å². The Morgan fingerprint density at radius 3 is 2.68 bits per heavy atom. The zero-order valence-electron chi connectivity index (χ0n) is 18.3. The summed E-state index contributed by atoms with van der Waals surface area (Å²) in [6, 6.07) is 7.79. The number of hydrogen-bond acceptors (Lipinski definition) is 7. The number of morpholine rings is 1. The lowest BCUT2D eigenvalue weighted by Crippen LogP contribution is -2.36. The van der Waals surface area contributed by atoms with Crippen LogP contribution in [0.5, 0.6) is 5.75 Å². The van der Waals surface area contributed by atoms with E-state index < -0.39 is 0 Å². The number of fused-ring (bicyclic) bond motifs is 3. The van der Waals surface area contributed by atoms with Crippen LogP contribution in [-0.2, 0) is 9.47 Å². The van der Waals surface area contributed by atoms with Gasteiger partial charge in [0.15, 0.2) is 11.6 Å². The van der Waals surface area contributed by atoms with Gasteiger partial charge >= 0.3 is 0 Å². The summed E-state index contributed by atoms with van der Waals surface area (Å²) in [5, 5.41) is 5.64. The lowest BCUT2D eigenvalue weighted by molar-refractivity contribution is 0.0309. The lowest BCUT2D eigenvalue weighted by atomic mass is 10.2. The fraction of sp³-hybridized carbons (Fsp3) is 0.391. The highest BCUT2D eigenvalue weighted by molar-refractivity contribution is 5.98. The Morgan fingerprint density at radius 1 is 1.19 bits per heavy atom. The number of anilines is 1. The predicted molar refractivity (Wildman–Crippen MR) is 122 cm³/mol. The van der Waals surface area contributed by atoms with Crippen molar-refractivity contribution in [1.82, 2.24) is 19.5 Å². The Balaban J connectivity index is 1.77. The van der Waals surface area contributed by atoms with Crippen LogP contribution in [0.2, 0.25) is 0 Å². The van der Waals surface area contributed by atoms with Crippen LogP contribution in [0, 0.1) is 0 Å². The van der Waals surface area contributed by atoms with Gasteiger partial charge in [0, 0.05) is 18.5 Å². The Kier molecular flexibility index (Phi) is 6.27. The van der Waals surface area contributed by atoms with Crippen molar-refractivity contribution in [3.63, 3.8) is 0 Å². The van der Waals surface area contributed by atoms with Crippen molar-refractivity contribution in [2.45, 2.75) is 26.7 Å². The second kappa shape index (κ2) is 9.26. The molecule has 0 aliphatic carbocycles. The Hall–Kier alpha value is -3.26. The fourth-order valence-electron chi connectivity index (χ4n) is 3.73. The molecule has 0 radical (unpaired) electrons. The molecule has 4 rings (SSSR count). The van der Waals surface area contributed by atoms with Gasteiger partial charge in [0.05, 0.1) is 25.8 Å². The molecule has 2 N–H and O–H groups in total. The minimum atomic E-state index is 0.298. The van der Waals surface area contributed by atoms with Gasteiger partial charge < -0.3 is 24.8 Å². The molecule has 0 spiro atoms. The first kappa shape index (κ1) is 21.0. The summed E-state index contributed by atoms with van der Waals surface area (Å²) < 4.78 is 19.0. The van der Waals surface area contributed by atoms with Crippen LogP contribution in [0.3, 0.4) is 0 Å². The molecule has 1 fully saturated rings. The minimum Gasteiger partial charge on any atom is -0.494 e. The summed E-state index contributed by atoms with van der Waals surface area (Å²) in [5.41, 5.74) is 8.52. The van der Waals surface area contributed by atoms with Crippen LogP contribution >= 0.6 is 0 Å². The van der Waals surface area contributed by atoms with Crippen molar-refractivity contribution in [1.29, 1.82) is 0 Å². The average Bonchev–Trinajstić information content (AvgIpc) is 3.25. The number of nitrogens with two attached hydrogens (primary N) is 1. The smallest absolute Gasteiger partial charge is 0.222 e. The zero-order valence-corrected chi connectivity index (χ0v) is 18.3. The quantitative estimate of drug-likeness (QED) is 0.578. The van der Waals surface area contributed by atoms with Gasteiger partial charge in [-0.3, -0.25) is 0 Å². The van der Waals surface area contributed by atoms with Gasteiger partial charge in [-0.25, -0.2) is 4.98 Å². The van der Waals surface area contributed by atoms with E-state index in [1.165, 1.54) is 0 Å². The number of nitrogens with zero attached hydrogens (tertiary/aromatic N) is 4. The summed E-state index contributed by atoms with van der Waals surface area (Å²) in [5.74, 6) is 2.51. The van der Waals surface area contributed by atoms with Crippen molar-refractivity contribution in [2.24, 2.45) is 0 Å². The number of rotatable bonds is 7. The van der Waals surface area contributed by atoms with Crippen molar-refractivity contribution in [3.05, 3.63) is 48.0 Å². The van der Waals surface area contributed by atoms with Gasteiger partial charge in [-0.15, -0.1) is 0 Å². The highest BCUT2D eigenvalue weighted by Gasteiger charge is 2.20. The molecule has 0 saturated carbocycles. The molecule has 0 unspecified atom stereocenters. The normalized spacial score (nSPS) is 15.6. The number of benzene rings is 1. The third-order valence-corrected chi connectivity index (χ3v) is 5.21. The van der Waals surface area contributed by atoms with E-state index in [4.69, 9.17) is 25.0 Å². The predicted octanol–water partition coefficient (Wildman–Crippen LogP) is 3.82. The van der Waals surface area contributed by atoms with Crippen LogP contribution in [0.4, 0.5) is 5.95 Å². The Bertz CT molecular complexity index is 1130. The highest BCUT2D eigenvalue weighted by Crippen LogP contribution is 2.31. The van der Waals surface area contributed by atoms with Gasteiger partial charge in [-0.1, -0.05) is 26.0 Å². The van der Waals surface area contributed by atoms with Gasteiger partial charge in [-0.2, -0.15) is 9.61 Å². The molecule has 1 aromatic carbocycles. The minimum absolute atomic E-state index is 0.298. The van der Waals surface area contributed by atoms with Crippen molar-refractivity contribution >= 4 is 28.1 Å². The molecule has 3 aromatic rings. The maximum Gasteiger partial charge on any atom is 0.222 e. The SMILES string of the molecule is CC/C=C(\O/C(=C/CC)N1CCOCC1)c1cc2c3cccc(OC)c3nc(N)n2n1.